The van der Waals surface area contributed by atoms with Crippen molar-refractivity contribution in [1.82, 2.24) is 0 Å². The number of aryl methyl sites for hydroxylation is 1. The average Bonchev–Trinajstić information content (AvgIpc) is 2.67. The smallest absolute Gasteiger partial charge is 0.339 e. The van der Waals surface area contributed by atoms with Crippen LogP contribution in [0.25, 0.3) is 11.0 Å². The van der Waals surface area contributed by atoms with Crippen molar-refractivity contribution in [3.05, 3.63) is 69.1 Å². The number of hydrogen-bond acceptors (Lipinski definition) is 4. The van der Waals surface area contributed by atoms with Crippen molar-refractivity contribution in [3.63, 3.8) is 0 Å². The zero-order valence-electron chi connectivity index (χ0n) is 15.2. The predicted octanol–water partition coefficient (Wildman–Crippen LogP) is 2.35. The van der Waals surface area contributed by atoms with E-state index in [-0.39, 0.29) is 5.63 Å². The molecule has 2 aromatic carbocycles. The van der Waals surface area contributed by atoms with Crippen molar-refractivity contribution in [2.24, 2.45) is 0 Å². The number of hydrogen-bond donors (Lipinski definition) is 1. The standard InChI is InChI=1S/C21H21NO4/c1-13-14(2)21(23)26-20-17(13)8-9-19-18(20)11-22(12-25-19)10-15-4-6-16(24-3)7-5-15/h4-9H,10-12H2,1-3H3/p+1. The highest BCUT2D eigenvalue weighted by molar-refractivity contribution is 5.85. The van der Waals surface area contributed by atoms with Crippen molar-refractivity contribution in [1.29, 1.82) is 0 Å². The maximum Gasteiger partial charge on any atom is 0.339 e. The molecule has 1 unspecified atom stereocenters. The lowest BCUT2D eigenvalue weighted by molar-refractivity contribution is -0.945. The topological polar surface area (TPSA) is 53.1 Å². The molecule has 0 saturated heterocycles. The van der Waals surface area contributed by atoms with Gasteiger partial charge in [0.2, 0.25) is 6.73 Å². The highest BCUT2D eigenvalue weighted by Gasteiger charge is 2.25. The van der Waals surface area contributed by atoms with E-state index >= 15 is 0 Å². The monoisotopic (exact) mass is 352 g/mol. The van der Waals surface area contributed by atoms with Crippen molar-refractivity contribution >= 4 is 11.0 Å². The van der Waals surface area contributed by atoms with Gasteiger partial charge in [-0.05, 0) is 55.8 Å². The Morgan fingerprint density at radius 3 is 2.58 bits per heavy atom. The first-order valence-electron chi connectivity index (χ1n) is 8.72. The fourth-order valence-electron chi connectivity index (χ4n) is 3.48. The third-order valence-electron chi connectivity index (χ3n) is 5.16. The molecule has 0 saturated carbocycles. The maximum absolute atomic E-state index is 12.1. The van der Waals surface area contributed by atoms with Gasteiger partial charge in [0.05, 0.1) is 12.7 Å². The second kappa shape index (κ2) is 6.50. The number of methoxy groups -OCH3 is 1. The Balaban J connectivity index is 1.67. The van der Waals surface area contributed by atoms with Crippen LogP contribution in [-0.2, 0) is 13.1 Å². The summed E-state index contributed by atoms with van der Waals surface area (Å²) in [4.78, 5) is 13.4. The predicted molar refractivity (Wildman–Crippen MR) is 98.8 cm³/mol. The second-order valence-corrected chi connectivity index (χ2v) is 6.80. The van der Waals surface area contributed by atoms with Gasteiger partial charge in [0.25, 0.3) is 0 Å². The minimum Gasteiger partial charge on any atom is -0.497 e. The second-order valence-electron chi connectivity index (χ2n) is 6.80. The Morgan fingerprint density at radius 2 is 1.85 bits per heavy atom. The number of nitrogens with one attached hydrogen (secondary N) is 1. The molecule has 1 aromatic heterocycles. The summed E-state index contributed by atoms with van der Waals surface area (Å²) in [6.07, 6.45) is 0. The first-order chi connectivity index (χ1) is 12.6. The molecule has 0 spiro atoms. The molecule has 26 heavy (non-hydrogen) atoms. The first kappa shape index (κ1) is 16.7. The third-order valence-corrected chi connectivity index (χ3v) is 5.16. The average molecular weight is 352 g/mol. The van der Waals surface area contributed by atoms with Crippen LogP contribution in [0.5, 0.6) is 11.5 Å². The molecule has 1 aliphatic heterocycles. The Morgan fingerprint density at radius 1 is 1.08 bits per heavy atom. The highest BCUT2D eigenvalue weighted by Crippen LogP contribution is 2.30. The molecule has 0 fully saturated rings. The summed E-state index contributed by atoms with van der Waals surface area (Å²) >= 11 is 0. The van der Waals surface area contributed by atoms with Crippen LogP contribution in [0.15, 0.2) is 45.6 Å². The van der Waals surface area contributed by atoms with Crippen LogP contribution in [-0.4, -0.2) is 13.8 Å². The Labute approximate surface area is 151 Å². The summed E-state index contributed by atoms with van der Waals surface area (Å²) in [6, 6.07) is 12.0. The van der Waals surface area contributed by atoms with Gasteiger partial charge in [-0.1, -0.05) is 0 Å². The molecule has 0 radical (unpaired) electrons. The zero-order valence-corrected chi connectivity index (χ0v) is 15.2. The minimum atomic E-state index is -0.273. The molecular weight excluding hydrogens is 330 g/mol. The SMILES string of the molecule is COc1ccc(C[NH+]2COc3ccc4c(C)c(C)c(=O)oc4c3C2)cc1. The van der Waals surface area contributed by atoms with E-state index in [1.165, 1.54) is 10.5 Å². The van der Waals surface area contributed by atoms with Crippen molar-refractivity contribution in [2.75, 3.05) is 13.8 Å². The zero-order chi connectivity index (χ0) is 18.3. The summed E-state index contributed by atoms with van der Waals surface area (Å²) < 4.78 is 16.8. The van der Waals surface area contributed by atoms with Gasteiger partial charge in [0, 0.05) is 16.5 Å². The first-order valence-corrected chi connectivity index (χ1v) is 8.72. The molecule has 4 rings (SSSR count). The summed E-state index contributed by atoms with van der Waals surface area (Å²) in [5, 5.41) is 0.982. The van der Waals surface area contributed by atoms with Crippen LogP contribution in [0.3, 0.4) is 0 Å². The van der Waals surface area contributed by atoms with Gasteiger partial charge in [-0.2, -0.15) is 0 Å². The Bertz CT molecular complexity index is 1020. The van der Waals surface area contributed by atoms with E-state index < -0.39 is 0 Å². The highest BCUT2D eigenvalue weighted by atomic mass is 16.5. The molecule has 2 heterocycles. The summed E-state index contributed by atoms with van der Waals surface area (Å²) in [5.41, 5.74) is 4.20. The molecule has 134 valence electrons. The molecule has 1 atom stereocenters. The van der Waals surface area contributed by atoms with E-state index in [0.717, 1.165) is 41.1 Å². The molecule has 0 aliphatic carbocycles. The number of benzene rings is 2. The normalized spacial score (nSPS) is 16.2. The van der Waals surface area contributed by atoms with Crippen LogP contribution in [0.4, 0.5) is 0 Å². The van der Waals surface area contributed by atoms with Gasteiger partial charge in [-0.25, -0.2) is 4.79 Å². The maximum atomic E-state index is 12.1. The van der Waals surface area contributed by atoms with Crippen molar-refractivity contribution in [2.45, 2.75) is 26.9 Å². The Hall–Kier alpha value is -2.79. The molecule has 1 N–H and O–H groups in total. The third kappa shape index (κ3) is 2.84. The van der Waals surface area contributed by atoms with Gasteiger partial charge < -0.3 is 13.9 Å². The van der Waals surface area contributed by atoms with Crippen LogP contribution >= 0.6 is 0 Å². The Kier molecular flexibility index (Phi) is 4.17. The van der Waals surface area contributed by atoms with Gasteiger partial charge in [-0.15, -0.1) is 0 Å². The summed E-state index contributed by atoms with van der Waals surface area (Å²) in [5.74, 6) is 1.66. The number of rotatable bonds is 3. The fourth-order valence-corrected chi connectivity index (χ4v) is 3.48. The minimum absolute atomic E-state index is 0.273. The summed E-state index contributed by atoms with van der Waals surface area (Å²) in [7, 11) is 1.66. The van der Waals surface area contributed by atoms with Crippen LogP contribution in [0.2, 0.25) is 0 Å². The van der Waals surface area contributed by atoms with E-state index in [4.69, 9.17) is 13.9 Å². The van der Waals surface area contributed by atoms with Gasteiger partial charge in [-0.3, -0.25) is 4.90 Å². The lowest BCUT2D eigenvalue weighted by Crippen LogP contribution is -3.10. The molecule has 0 bridgehead atoms. The molecule has 5 nitrogen and oxygen atoms in total. The molecule has 3 aromatic rings. The molecule has 1 aliphatic rings. The van der Waals surface area contributed by atoms with E-state index in [9.17, 15) is 4.79 Å². The molecule has 0 amide bonds. The molecule has 5 heteroatoms. The van der Waals surface area contributed by atoms with E-state index in [2.05, 4.69) is 12.1 Å². The lowest BCUT2D eigenvalue weighted by Gasteiger charge is -2.26. The number of quaternary nitrogens is 1. The van der Waals surface area contributed by atoms with E-state index in [1.54, 1.807) is 14.0 Å². The van der Waals surface area contributed by atoms with Gasteiger partial charge >= 0.3 is 5.63 Å². The van der Waals surface area contributed by atoms with Crippen molar-refractivity contribution < 1.29 is 18.8 Å². The van der Waals surface area contributed by atoms with Crippen LogP contribution in [0, 0.1) is 13.8 Å². The molecular formula is C21H22NO4+. The lowest BCUT2D eigenvalue weighted by atomic mass is 10.0. The number of fused-ring (bicyclic) bond motifs is 3. The van der Waals surface area contributed by atoms with E-state index in [0.29, 0.717) is 17.9 Å². The van der Waals surface area contributed by atoms with Gasteiger partial charge in [0.1, 0.15) is 24.6 Å². The summed E-state index contributed by atoms with van der Waals surface area (Å²) in [6.45, 7) is 5.93. The van der Waals surface area contributed by atoms with Crippen LogP contribution in [0.1, 0.15) is 22.3 Å². The number of ether oxygens (including phenoxy) is 2. The fraction of sp³-hybridized carbons (Fsp3) is 0.286. The van der Waals surface area contributed by atoms with E-state index in [1.807, 2.05) is 31.2 Å². The largest absolute Gasteiger partial charge is 0.497 e. The van der Waals surface area contributed by atoms with Crippen LogP contribution < -0.4 is 20.0 Å². The van der Waals surface area contributed by atoms with Gasteiger partial charge in [0.15, 0.2) is 5.58 Å². The van der Waals surface area contributed by atoms with Crippen molar-refractivity contribution in [3.8, 4) is 11.5 Å². The quantitative estimate of drug-likeness (QED) is 0.735.